The summed E-state index contributed by atoms with van der Waals surface area (Å²) < 4.78 is 0. The van der Waals surface area contributed by atoms with Crippen LogP contribution in [0.4, 0.5) is 0 Å². The summed E-state index contributed by atoms with van der Waals surface area (Å²) >= 11 is 0. The third-order valence-electron chi connectivity index (χ3n) is 1.93. The lowest BCUT2D eigenvalue weighted by Crippen LogP contribution is -2.12. The molecule has 0 aliphatic heterocycles. The van der Waals surface area contributed by atoms with E-state index in [9.17, 15) is 4.79 Å². The largest absolute Gasteiger partial charge is 0.366 e. The normalized spacial score (nSPS) is 9.87. The van der Waals surface area contributed by atoms with Crippen LogP contribution in [0.5, 0.6) is 0 Å². The molecule has 1 aromatic carbocycles. The molecule has 0 unspecified atom stereocenters. The monoisotopic (exact) mass is 200 g/mol. The number of nitrogens with zero attached hydrogens (tertiary/aromatic N) is 3. The number of amides is 1. The molecule has 0 saturated carbocycles. The number of primary amides is 1. The number of carbonyl (C=O) groups is 1. The Morgan fingerprint density at radius 2 is 1.80 bits per heavy atom. The minimum atomic E-state index is -0.494. The molecule has 0 spiro atoms. The summed E-state index contributed by atoms with van der Waals surface area (Å²) in [7, 11) is 0. The van der Waals surface area contributed by atoms with Crippen LogP contribution in [0.3, 0.4) is 0 Å². The van der Waals surface area contributed by atoms with Gasteiger partial charge in [-0.2, -0.15) is 0 Å². The van der Waals surface area contributed by atoms with Crippen LogP contribution in [0, 0.1) is 0 Å². The predicted octanol–water partition coefficient (Wildman–Crippen LogP) is 0.637. The SMILES string of the molecule is NC(=O)c1ccccc1-c1ncncn1. The van der Waals surface area contributed by atoms with Gasteiger partial charge in [0.15, 0.2) is 5.82 Å². The van der Waals surface area contributed by atoms with E-state index in [2.05, 4.69) is 15.0 Å². The highest BCUT2D eigenvalue weighted by atomic mass is 16.1. The molecular weight excluding hydrogens is 192 g/mol. The molecule has 2 aromatic rings. The lowest BCUT2D eigenvalue weighted by molar-refractivity contribution is 0.100. The van der Waals surface area contributed by atoms with E-state index in [0.717, 1.165) is 0 Å². The highest BCUT2D eigenvalue weighted by Gasteiger charge is 2.10. The van der Waals surface area contributed by atoms with Gasteiger partial charge in [0.1, 0.15) is 12.7 Å². The Balaban J connectivity index is 2.58. The minimum Gasteiger partial charge on any atom is -0.366 e. The smallest absolute Gasteiger partial charge is 0.249 e. The third-order valence-corrected chi connectivity index (χ3v) is 1.93. The zero-order chi connectivity index (χ0) is 10.7. The molecule has 5 nitrogen and oxygen atoms in total. The third kappa shape index (κ3) is 1.80. The zero-order valence-electron chi connectivity index (χ0n) is 7.79. The first-order chi connectivity index (χ1) is 7.29. The van der Waals surface area contributed by atoms with Crippen LogP contribution < -0.4 is 5.73 Å². The Morgan fingerprint density at radius 1 is 1.13 bits per heavy atom. The van der Waals surface area contributed by atoms with Gasteiger partial charge in [-0.1, -0.05) is 18.2 Å². The molecule has 2 rings (SSSR count). The quantitative estimate of drug-likeness (QED) is 0.771. The molecule has 0 saturated heterocycles. The fourth-order valence-electron chi connectivity index (χ4n) is 1.27. The Hall–Kier alpha value is -2.30. The number of aromatic nitrogens is 3. The molecule has 5 heteroatoms. The van der Waals surface area contributed by atoms with Gasteiger partial charge in [0, 0.05) is 5.56 Å². The van der Waals surface area contributed by atoms with Gasteiger partial charge in [0.25, 0.3) is 0 Å². The van der Waals surface area contributed by atoms with E-state index < -0.39 is 5.91 Å². The molecule has 74 valence electrons. The Kier molecular flexibility index (Phi) is 2.37. The Morgan fingerprint density at radius 3 is 2.47 bits per heavy atom. The number of carbonyl (C=O) groups excluding carboxylic acids is 1. The van der Waals surface area contributed by atoms with Gasteiger partial charge >= 0.3 is 0 Å². The number of hydrogen-bond acceptors (Lipinski definition) is 4. The molecule has 2 N–H and O–H groups in total. The molecule has 1 aromatic heterocycles. The van der Waals surface area contributed by atoms with Crippen molar-refractivity contribution in [2.45, 2.75) is 0 Å². The molecule has 1 heterocycles. The summed E-state index contributed by atoms with van der Waals surface area (Å²) in [5.74, 6) is -0.0505. The van der Waals surface area contributed by atoms with Gasteiger partial charge in [-0.3, -0.25) is 4.79 Å². The molecule has 0 fully saturated rings. The number of hydrogen-bond donors (Lipinski definition) is 1. The molecular formula is C10H8N4O. The van der Waals surface area contributed by atoms with Crippen LogP contribution in [0.25, 0.3) is 11.4 Å². The Bertz CT molecular complexity index is 484. The summed E-state index contributed by atoms with van der Waals surface area (Å²) in [4.78, 5) is 22.8. The molecule has 0 aliphatic carbocycles. The summed E-state index contributed by atoms with van der Waals surface area (Å²) in [6.45, 7) is 0. The highest BCUT2D eigenvalue weighted by molar-refractivity contribution is 5.98. The molecule has 0 atom stereocenters. The maximum Gasteiger partial charge on any atom is 0.249 e. The van der Waals surface area contributed by atoms with Gasteiger partial charge in [-0.15, -0.1) is 0 Å². The van der Waals surface area contributed by atoms with E-state index in [1.54, 1.807) is 24.3 Å². The topological polar surface area (TPSA) is 81.8 Å². The minimum absolute atomic E-state index is 0.406. The van der Waals surface area contributed by atoms with Crippen molar-refractivity contribution in [3.63, 3.8) is 0 Å². The maximum absolute atomic E-state index is 11.1. The van der Waals surface area contributed by atoms with Crippen molar-refractivity contribution in [1.29, 1.82) is 0 Å². The molecule has 0 aliphatic rings. The second-order valence-electron chi connectivity index (χ2n) is 2.87. The molecule has 0 radical (unpaired) electrons. The summed E-state index contributed by atoms with van der Waals surface area (Å²) in [5.41, 5.74) is 6.27. The van der Waals surface area contributed by atoms with Crippen LogP contribution in [0.1, 0.15) is 10.4 Å². The summed E-state index contributed by atoms with van der Waals surface area (Å²) in [6, 6.07) is 6.92. The maximum atomic E-state index is 11.1. The van der Waals surface area contributed by atoms with E-state index in [1.807, 2.05) is 0 Å². The first-order valence-electron chi connectivity index (χ1n) is 4.30. The number of nitrogens with two attached hydrogens (primary N) is 1. The number of benzene rings is 1. The second kappa shape index (κ2) is 3.83. The van der Waals surface area contributed by atoms with Crippen LogP contribution in [0.2, 0.25) is 0 Å². The van der Waals surface area contributed by atoms with Crippen molar-refractivity contribution in [1.82, 2.24) is 15.0 Å². The fourth-order valence-corrected chi connectivity index (χ4v) is 1.27. The average Bonchev–Trinajstić information content (AvgIpc) is 2.30. The lowest BCUT2D eigenvalue weighted by atomic mass is 10.1. The van der Waals surface area contributed by atoms with Crippen LogP contribution in [-0.4, -0.2) is 20.9 Å². The van der Waals surface area contributed by atoms with Crippen molar-refractivity contribution < 1.29 is 4.79 Å². The van der Waals surface area contributed by atoms with Gasteiger partial charge < -0.3 is 5.73 Å². The van der Waals surface area contributed by atoms with Gasteiger partial charge in [0.05, 0.1) is 5.56 Å². The van der Waals surface area contributed by atoms with E-state index in [0.29, 0.717) is 17.0 Å². The van der Waals surface area contributed by atoms with E-state index in [4.69, 9.17) is 5.73 Å². The standard InChI is InChI=1S/C10H8N4O/c11-9(15)7-3-1-2-4-8(7)10-13-5-12-6-14-10/h1-6H,(H2,11,15). The zero-order valence-corrected chi connectivity index (χ0v) is 7.79. The highest BCUT2D eigenvalue weighted by Crippen LogP contribution is 2.18. The predicted molar refractivity (Wildman–Crippen MR) is 53.8 cm³/mol. The van der Waals surface area contributed by atoms with E-state index >= 15 is 0 Å². The lowest BCUT2D eigenvalue weighted by Gasteiger charge is -2.03. The summed E-state index contributed by atoms with van der Waals surface area (Å²) in [6.07, 6.45) is 2.75. The van der Waals surface area contributed by atoms with Crippen molar-refractivity contribution in [3.8, 4) is 11.4 Å². The number of rotatable bonds is 2. The van der Waals surface area contributed by atoms with Crippen LogP contribution in [-0.2, 0) is 0 Å². The second-order valence-corrected chi connectivity index (χ2v) is 2.87. The molecule has 15 heavy (non-hydrogen) atoms. The fraction of sp³-hybridized carbons (Fsp3) is 0. The van der Waals surface area contributed by atoms with E-state index in [1.165, 1.54) is 12.7 Å². The van der Waals surface area contributed by atoms with Gasteiger partial charge in [0.2, 0.25) is 5.91 Å². The van der Waals surface area contributed by atoms with E-state index in [-0.39, 0.29) is 0 Å². The van der Waals surface area contributed by atoms with Crippen molar-refractivity contribution in [2.24, 2.45) is 5.73 Å². The molecule has 1 amide bonds. The van der Waals surface area contributed by atoms with Crippen molar-refractivity contribution in [3.05, 3.63) is 42.5 Å². The Labute approximate surface area is 86.0 Å². The van der Waals surface area contributed by atoms with Crippen LogP contribution in [0.15, 0.2) is 36.9 Å². The van der Waals surface area contributed by atoms with Crippen molar-refractivity contribution in [2.75, 3.05) is 0 Å². The van der Waals surface area contributed by atoms with Crippen LogP contribution >= 0.6 is 0 Å². The first kappa shape index (κ1) is 9.26. The average molecular weight is 200 g/mol. The summed E-state index contributed by atoms with van der Waals surface area (Å²) in [5, 5.41) is 0. The first-order valence-corrected chi connectivity index (χ1v) is 4.30. The molecule has 0 bridgehead atoms. The van der Waals surface area contributed by atoms with Gasteiger partial charge in [-0.25, -0.2) is 15.0 Å². The van der Waals surface area contributed by atoms with Crippen molar-refractivity contribution >= 4 is 5.91 Å². The van der Waals surface area contributed by atoms with Gasteiger partial charge in [-0.05, 0) is 6.07 Å².